The van der Waals surface area contributed by atoms with E-state index in [1.54, 1.807) is 12.1 Å². The van der Waals surface area contributed by atoms with Crippen molar-refractivity contribution in [1.82, 2.24) is 4.90 Å². The zero-order chi connectivity index (χ0) is 13.5. The first-order valence-corrected chi connectivity index (χ1v) is 4.94. The van der Waals surface area contributed by atoms with Crippen molar-refractivity contribution in [3.8, 4) is 12.1 Å². The fourth-order valence-electron chi connectivity index (χ4n) is 1.39. The highest BCUT2D eigenvalue weighted by Gasteiger charge is 2.20. The summed E-state index contributed by atoms with van der Waals surface area (Å²) in [5.41, 5.74) is 1.91. The average Bonchev–Trinajstić information content (AvgIpc) is 2.37. The highest BCUT2D eigenvalue weighted by atomic mass is 19.1. The van der Waals surface area contributed by atoms with E-state index in [-0.39, 0.29) is 24.3 Å². The quantitative estimate of drug-likeness (QED) is 0.460. The zero-order valence-corrected chi connectivity index (χ0v) is 9.35. The van der Waals surface area contributed by atoms with Crippen LogP contribution in [0.1, 0.15) is 10.4 Å². The fraction of sp³-hybridized carbons (Fsp3) is 0.182. The molecule has 0 aliphatic carbocycles. The molecular formula is C11H10FN5O. The van der Waals surface area contributed by atoms with Crippen molar-refractivity contribution in [2.45, 2.75) is 0 Å². The molecule has 1 aromatic carbocycles. The van der Waals surface area contributed by atoms with Crippen LogP contribution in [0.3, 0.4) is 0 Å². The summed E-state index contributed by atoms with van der Waals surface area (Å²) in [5.74, 6) is 3.83. The number of hydrogen-bond donors (Lipinski definition) is 2. The molecule has 0 saturated carbocycles. The highest BCUT2D eigenvalue weighted by molar-refractivity contribution is 5.99. The van der Waals surface area contributed by atoms with Crippen molar-refractivity contribution in [3.05, 3.63) is 29.6 Å². The molecule has 3 N–H and O–H groups in total. The molecule has 7 heteroatoms. The number of nitrogens with zero attached hydrogens (tertiary/aromatic N) is 3. The van der Waals surface area contributed by atoms with Gasteiger partial charge in [-0.1, -0.05) is 6.07 Å². The van der Waals surface area contributed by atoms with E-state index in [1.807, 2.05) is 0 Å². The van der Waals surface area contributed by atoms with Crippen LogP contribution in [0.5, 0.6) is 0 Å². The van der Waals surface area contributed by atoms with Crippen LogP contribution in [0.2, 0.25) is 0 Å². The molecule has 1 rings (SSSR count). The highest BCUT2D eigenvalue weighted by Crippen LogP contribution is 2.20. The van der Waals surface area contributed by atoms with Gasteiger partial charge in [0.25, 0.3) is 5.91 Å². The van der Waals surface area contributed by atoms with Gasteiger partial charge in [0.2, 0.25) is 0 Å². The molecule has 0 saturated heterocycles. The van der Waals surface area contributed by atoms with Crippen LogP contribution in [-0.4, -0.2) is 23.9 Å². The Morgan fingerprint density at radius 2 is 2.00 bits per heavy atom. The monoisotopic (exact) mass is 247 g/mol. The maximum Gasteiger partial charge on any atom is 0.257 e. The predicted octanol–water partition coefficient (Wildman–Crippen LogP) is 0.601. The summed E-state index contributed by atoms with van der Waals surface area (Å²) in [4.78, 5) is 13.0. The molecule has 0 atom stereocenters. The Bertz CT molecular complexity index is 515. The fourth-order valence-corrected chi connectivity index (χ4v) is 1.39. The number of amides is 1. The van der Waals surface area contributed by atoms with Gasteiger partial charge < -0.3 is 10.3 Å². The number of anilines is 1. The molecule has 18 heavy (non-hydrogen) atoms. The first kappa shape index (κ1) is 13.4. The number of benzene rings is 1. The number of nitrogens with one attached hydrogen (secondary N) is 1. The summed E-state index contributed by atoms with van der Waals surface area (Å²) in [6.07, 6.45) is 0. The van der Waals surface area contributed by atoms with E-state index < -0.39 is 11.7 Å². The minimum atomic E-state index is -0.683. The zero-order valence-electron chi connectivity index (χ0n) is 9.35. The lowest BCUT2D eigenvalue weighted by atomic mass is 10.1. The van der Waals surface area contributed by atoms with Gasteiger partial charge in [-0.05, 0) is 12.1 Å². The second-order valence-electron chi connectivity index (χ2n) is 3.28. The summed E-state index contributed by atoms with van der Waals surface area (Å²) in [7, 11) is 0. The number of rotatable bonds is 4. The molecule has 1 amide bonds. The van der Waals surface area contributed by atoms with Crippen molar-refractivity contribution >= 4 is 11.6 Å². The number of hydrazine groups is 1. The lowest BCUT2D eigenvalue weighted by Gasteiger charge is -2.17. The van der Waals surface area contributed by atoms with Gasteiger partial charge in [0.1, 0.15) is 18.9 Å². The van der Waals surface area contributed by atoms with Gasteiger partial charge in [-0.15, -0.1) is 0 Å². The predicted molar refractivity (Wildman–Crippen MR) is 61.3 cm³/mol. The van der Waals surface area contributed by atoms with E-state index in [4.69, 9.17) is 16.4 Å². The van der Waals surface area contributed by atoms with E-state index in [1.165, 1.54) is 12.1 Å². The van der Waals surface area contributed by atoms with Crippen molar-refractivity contribution < 1.29 is 9.18 Å². The summed E-state index contributed by atoms with van der Waals surface area (Å²) in [6.45, 7) is -0.514. The Morgan fingerprint density at radius 1 is 1.39 bits per heavy atom. The van der Waals surface area contributed by atoms with Crippen LogP contribution in [-0.2, 0) is 0 Å². The summed E-state index contributed by atoms with van der Waals surface area (Å²) < 4.78 is 13.4. The standard InChI is InChI=1S/C11H10FN5O/c12-9-3-1-2-8(10(9)16-15)11(18)17(6-4-13)7-5-14/h1-3,16H,6-7,15H2. The topological polar surface area (TPSA) is 106 Å². The van der Waals surface area contributed by atoms with Crippen molar-refractivity contribution in [2.75, 3.05) is 18.5 Å². The molecule has 0 aliphatic rings. The molecular weight excluding hydrogens is 237 g/mol. The van der Waals surface area contributed by atoms with Gasteiger partial charge in [0, 0.05) is 0 Å². The van der Waals surface area contributed by atoms with Crippen LogP contribution < -0.4 is 11.3 Å². The SMILES string of the molecule is N#CCN(CC#N)C(=O)c1cccc(F)c1NN. The van der Waals surface area contributed by atoms with E-state index in [0.717, 1.165) is 11.0 Å². The number of hydrogen-bond acceptors (Lipinski definition) is 5. The second-order valence-corrected chi connectivity index (χ2v) is 3.28. The second kappa shape index (κ2) is 6.18. The van der Waals surface area contributed by atoms with E-state index in [0.29, 0.717) is 0 Å². The number of nitrogen functional groups attached to an aromatic ring is 1. The Morgan fingerprint density at radius 3 is 2.50 bits per heavy atom. The van der Waals surface area contributed by atoms with Crippen LogP contribution in [0.15, 0.2) is 18.2 Å². The van der Waals surface area contributed by atoms with Crippen molar-refractivity contribution in [2.24, 2.45) is 5.84 Å². The van der Waals surface area contributed by atoms with Gasteiger partial charge in [-0.3, -0.25) is 10.6 Å². The minimum absolute atomic E-state index is 0.0250. The first-order chi connectivity index (χ1) is 8.65. The Hall–Kier alpha value is -2.64. The molecule has 0 aliphatic heterocycles. The third kappa shape index (κ3) is 2.73. The van der Waals surface area contributed by atoms with E-state index >= 15 is 0 Å². The Labute approximate surface area is 103 Å². The van der Waals surface area contributed by atoms with Crippen LogP contribution in [0.25, 0.3) is 0 Å². The molecule has 0 heterocycles. The molecule has 6 nitrogen and oxygen atoms in total. The molecule has 1 aromatic rings. The van der Waals surface area contributed by atoms with Crippen molar-refractivity contribution in [1.29, 1.82) is 10.5 Å². The Kier molecular flexibility index (Phi) is 4.61. The third-order valence-electron chi connectivity index (χ3n) is 2.20. The molecule has 0 unspecified atom stereocenters. The van der Waals surface area contributed by atoms with E-state index in [2.05, 4.69) is 5.43 Å². The van der Waals surface area contributed by atoms with Crippen LogP contribution in [0, 0.1) is 28.5 Å². The summed E-state index contributed by atoms with van der Waals surface area (Å²) in [6, 6.07) is 7.38. The van der Waals surface area contributed by atoms with Gasteiger partial charge >= 0.3 is 0 Å². The van der Waals surface area contributed by atoms with Crippen molar-refractivity contribution in [3.63, 3.8) is 0 Å². The maximum absolute atomic E-state index is 13.4. The molecule has 0 spiro atoms. The number of nitrogens with two attached hydrogens (primary N) is 1. The summed E-state index contributed by atoms with van der Waals surface area (Å²) in [5, 5.41) is 17.1. The lowest BCUT2D eigenvalue weighted by Crippen LogP contribution is -2.32. The van der Waals surface area contributed by atoms with Crippen LogP contribution in [0.4, 0.5) is 10.1 Å². The number of carbonyl (C=O) groups excluding carboxylic acids is 1. The lowest BCUT2D eigenvalue weighted by molar-refractivity contribution is 0.0795. The molecule has 92 valence electrons. The minimum Gasteiger partial charge on any atom is -0.321 e. The molecule has 0 bridgehead atoms. The first-order valence-electron chi connectivity index (χ1n) is 4.94. The van der Waals surface area contributed by atoms with Gasteiger partial charge in [-0.25, -0.2) is 4.39 Å². The van der Waals surface area contributed by atoms with Gasteiger partial charge in [-0.2, -0.15) is 10.5 Å². The largest absolute Gasteiger partial charge is 0.321 e. The molecule has 0 aromatic heterocycles. The van der Waals surface area contributed by atoms with E-state index in [9.17, 15) is 9.18 Å². The molecule has 0 radical (unpaired) electrons. The number of nitriles is 2. The number of para-hydroxylation sites is 1. The summed E-state index contributed by atoms with van der Waals surface area (Å²) >= 11 is 0. The van der Waals surface area contributed by atoms with Gasteiger partial charge in [0.05, 0.1) is 23.4 Å². The van der Waals surface area contributed by atoms with Gasteiger partial charge in [0.15, 0.2) is 0 Å². The normalized spacial score (nSPS) is 9.11. The Balaban J connectivity index is 3.13. The average molecular weight is 247 g/mol. The van der Waals surface area contributed by atoms with Crippen LogP contribution >= 0.6 is 0 Å². The smallest absolute Gasteiger partial charge is 0.257 e. The number of halogens is 1. The maximum atomic E-state index is 13.4. The third-order valence-corrected chi connectivity index (χ3v) is 2.20. The molecule has 0 fully saturated rings. The number of carbonyl (C=O) groups is 1.